The van der Waals surface area contributed by atoms with Gasteiger partial charge in [-0.1, -0.05) is 6.08 Å². The summed E-state index contributed by atoms with van der Waals surface area (Å²) < 4.78 is 38.8. The molecule has 1 saturated heterocycles. The quantitative estimate of drug-likeness (QED) is 0.412. The lowest BCUT2D eigenvalue weighted by molar-refractivity contribution is -0.130. The zero-order valence-corrected chi connectivity index (χ0v) is 21.5. The molecule has 2 aliphatic rings. The lowest BCUT2D eigenvalue weighted by atomic mass is 10.1. The number of pyridine rings is 1. The Balaban J connectivity index is 1.43. The lowest BCUT2D eigenvalue weighted by Gasteiger charge is -2.22. The van der Waals surface area contributed by atoms with Crippen molar-refractivity contribution in [2.24, 2.45) is 5.92 Å². The first-order chi connectivity index (χ1) is 17.0. The van der Waals surface area contributed by atoms with Crippen molar-refractivity contribution < 1.29 is 27.5 Å². The molecule has 2 amide bonds. The minimum Gasteiger partial charge on any atom is -0.496 e. The number of hydrogen-bond acceptors (Lipinski definition) is 8. The molecule has 4 atom stereocenters. The number of amides is 2. The van der Waals surface area contributed by atoms with E-state index in [1.807, 2.05) is 23.8 Å². The average Bonchev–Trinajstić information content (AvgIpc) is 3.35. The van der Waals surface area contributed by atoms with Crippen LogP contribution in [0.4, 0.5) is 0 Å². The number of methoxy groups -OCH3 is 1. The predicted octanol–water partition coefficient (Wildman–Crippen LogP) is 0.645. The maximum atomic E-state index is 13.1. The Morgan fingerprint density at radius 1 is 1.28 bits per heavy atom. The number of hydrogen-bond donors (Lipinski definition) is 3. The van der Waals surface area contributed by atoms with Gasteiger partial charge in [-0.3, -0.25) is 14.6 Å². The first kappa shape index (κ1) is 25.9. The number of benzene rings is 1. The molecule has 1 aliphatic heterocycles. The highest BCUT2D eigenvalue weighted by atomic mass is 32.2. The molecule has 0 radical (unpaired) electrons. The van der Waals surface area contributed by atoms with Crippen LogP contribution in [-0.4, -0.2) is 75.0 Å². The van der Waals surface area contributed by atoms with Crippen molar-refractivity contribution in [3.63, 3.8) is 0 Å². The molecule has 2 aromatic rings. The van der Waals surface area contributed by atoms with Crippen molar-refractivity contribution in [2.45, 2.75) is 37.5 Å². The third kappa shape index (κ3) is 4.75. The molecule has 4 rings (SSSR count). The number of fused-ring (bicyclic) bond motifs is 1. The van der Waals surface area contributed by atoms with Crippen molar-refractivity contribution in [2.75, 3.05) is 27.7 Å². The maximum absolute atomic E-state index is 13.1. The molecule has 36 heavy (non-hydrogen) atoms. The largest absolute Gasteiger partial charge is 0.496 e. The van der Waals surface area contributed by atoms with Gasteiger partial charge in [-0.2, -0.15) is 12.7 Å². The molecular formula is C24H31N5O6S. The minimum atomic E-state index is -4.00. The van der Waals surface area contributed by atoms with E-state index in [2.05, 4.69) is 22.2 Å². The summed E-state index contributed by atoms with van der Waals surface area (Å²) in [6, 6.07) is 4.93. The zero-order valence-electron chi connectivity index (χ0n) is 20.7. The summed E-state index contributed by atoms with van der Waals surface area (Å²) in [5.74, 6) is -0.161. The summed E-state index contributed by atoms with van der Waals surface area (Å²) in [6.45, 7) is 6.05. The van der Waals surface area contributed by atoms with Gasteiger partial charge in [0, 0.05) is 50.1 Å². The van der Waals surface area contributed by atoms with Crippen LogP contribution >= 0.6 is 0 Å². The molecule has 2 heterocycles. The van der Waals surface area contributed by atoms with E-state index in [0.717, 1.165) is 26.5 Å². The number of nitrogens with one attached hydrogen (secondary N) is 3. The Hall–Kier alpha value is -3.22. The number of aromatic nitrogens is 1. The Kier molecular flexibility index (Phi) is 6.95. The molecule has 1 aromatic carbocycles. The van der Waals surface area contributed by atoms with Gasteiger partial charge in [-0.15, -0.1) is 6.58 Å². The fraction of sp³-hybridized carbons (Fsp3) is 0.458. The van der Waals surface area contributed by atoms with Gasteiger partial charge >= 0.3 is 10.2 Å². The summed E-state index contributed by atoms with van der Waals surface area (Å²) in [5, 5.41) is 6.74. The molecule has 0 unspecified atom stereocenters. The van der Waals surface area contributed by atoms with E-state index in [4.69, 9.17) is 9.47 Å². The third-order valence-electron chi connectivity index (χ3n) is 6.75. The van der Waals surface area contributed by atoms with E-state index in [9.17, 15) is 18.0 Å². The highest BCUT2D eigenvalue weighted by Gasteiger charge is 2.61. The minimum absolute atomic E-state index is 0.273. The second-order valence-corrected chi connectivity index (χ2v) is 11.1. The van der Waals surface area contributed by atoms with Crippen LogP contribution in [0.1, 0.15) is 18.4 Å². The summed E-state index contributed by atoms with van der Waals surface area (Å²) in [4.78, 5) is 30.3. The third-order valence-corrected chi connectivity index (χ3v) is 8.15. The fourth-order valence-electron chi connectivity index (χ4n) is 4.45. The topological polar surface area (TPSA) is 139 Å². The van der Waals surface area contributed by atoms with Crippen molar-refractivity contribution in [1.82, 2.24) is 24.6 Å². The normalized spacial score (nSPS) is 25.4. The second-order valence-electron chi connectivity index (χ2n) is 9.26. The van der Waals surface area contributed by atoms with Gasteiger partial charge in [0.25, 0.3) is 5.91 Å². The first-order valence-electron chi connectivity index (χ1n) is 11.5. The Morgan fingerprint density at radius 2 is 2.03 bits per heavy atom. The summed E-state index contributed by atoms with van der Waals surface area (Å²) >= 11 is 0. The Bertz CT molecular complexity index is 1310. The van der Waals surface area contributed by atoms with Crippen molar-refractivity contribution in [3.05, 3.63) is 42.6 Å². The van der Waals surface area contributed by atoms with E-state index in [0.29, 0.717) is 18.7 Å². The first-order valence-corrected chi connectivity index (χ1v) is 13.0. The number of aryl methyl sites for hydroxylation is 1. The van der Waals surface area contributed by atoms with Crippen LogP contribution in [-0.2, 0) is 19.8 Å². The fourth-order valence-corrected chi connectivity index (χ4v) is 5.05. The molecule has 194 valence electrons. The summed E-state index contributed by atoms with van der Waals surface area (Å²) in [6.07, 6.45) is 3.57. The molecule has 3 N–H and O–H groups in total. The monoisotopic (exact) mass is 517 g/mol. The Morgan fingerprint density at radius 3 is 2.67 bits per heavy atom. The smallest absolute Gasteiger partial charge is 0.303 e. The number of rotatable bonds is 9. The summed E-state index contributed by atoms with van der Waals surface area (Å²) in [5.41, 5.74) is 0.334. The maximum Gasteiger partial charge on any atom is 0.303 e. The average molecular weight is 518 g/mol. The highest BCUT2D eigenvalue weighted by molar-refractivity contribution is 7.87. The Labute approximate surface area is 210 Å². The molecular weight excluding hydrogens is 486 g/mol. The van der Waals surface area contributed by atoms with Crippen LogP contribution in [0.5, 0.6) is 11.5 Å². The van der Waals surface area contributed by atoms with Gasteiger partial charge in [0.1, 0.15) is 23.1 Å². The van der Waals surface area contributed by atoms with Crippen LogP contribution in [0, 0.1) is 12.8 Å². The van der Waals surface area contributed by atoms with Crippen LogP contribution in [0.2, 0.25) is 0 Å². The van der Waals surface area contributed by atoms with Gasteiger partial charge in [-0.25, -0.2) is 4.72 Å². The number of nitrogens with zero attached hydrogens (tertiary/aromatic N) is 2. The number of carbonyl (C=O) groups excluding carboxylic acids is 2. The number of ether oxygens (including phenoxy) is 2. The summed E-state index contributed by atoms with van der Waals surface area (Å²) in [7, 11) is 0.234. The molecule has 1 aromatic heterocycles. The van der Waals surface area contributed by atoms with Crippen LogP contribution in [0.15, 0.2) is 37.1 Å². The molecule has 2 fully saturated rings. The zero-order chi connectivity index (χ0) is 26.3. The number of carbonyl (C=O) groups is 2. The van der Waals surface area contributed by atoms with Crippen LogP contribution < -0.4 is 24.8 Å². The highest BCUT2D eigenvalue weighted by Crippen LogP contribution is 2.45. The van der Waals surface area contributed by atoms with Crippen molar-refractivity contribution in [1.29, 1.82) is 0 Å². The molecule has 1 saturated carbocycles. The predicted molar refractivity (Wildman–Crippen MR) is 134 cm³/mol. The van der Waals surface area contributed by atoms with Gasteiger partial charge in [0.2, 0.25) is 5.91 Å². The molecule has 12 heteroatoms. The lowest BCUT2D eigenvalue weighted by Crippen LogP contribution is -2.56. The van der Waals surface area contributed by atoms with Gasteiger partial charge in [0.05, 0.1) is 18.7 Å². The molecule has 1 aliphatic carbocycles. The SMILES string of the molecule is C=C[C@@H]1C[C@]1(NC(=O)[C@@H]1C[C@@H](Oc2ccnc3c(C)c(OC)ccc23)CN1)C(=O)NS(=O)(=O)N(C)C. The standard InChI is InChI=1S/C24H31N5O6S/c1-6-15-12-24(15,23(31)28-36(32,33)29(3)4)27-22(30)18-11-16(13-26-18)35-20-9-10-25-21-14(2)19(34-5)8-7-17(20)21/h6-10,15-16,18,26H,1,11-13H2,2-5H3,(H,27,30)(H,28,31)/t15-,16-,18+,24-/m1/s1. The van der Waals surface area contributed by atoms with E-state index >= 15 is 0 Å². The molecule has 0 bridgehead atoms. The van der Waals surface area contributed by atoms with Crippen molar-refractivity contribution in [3.8, 4) is 11.5 Å². The van der Waals surface area contributed by atoms with Gasteiger partial charge in [0.15, 0.2) is 0 Å². The van der Waals surface area contributed by atoms with Crippen molar-refractivity contribution >= 4 is 32.9 Å². The second kappa shape index (κ2) is 9.68. The van der Waals surface area contributed by atoms with Crippen LogP contribution in [0.3, 0.4) is 0 Å². The van der Waals surface area contributed by atoms with Gasteiger partial charge in [-0.05, 0) is 31.5 Å². The van der Waals surface area contributed by atoms with Crippen LogP contribution in [0.25, 0.3) is 10.9 Å². The van der Waals surface area contributed by atoms with E-state index < -0.39 is 33.6 Å². The van der Waals surface area contributed by atoms with E-state index in [1.165, 1.54) is 14.1 Å². The molecule has 0 spiro atoms. The molecule has 11 nitrogen and oxygen atoms in total. The van der Waals surface area contributed by atoms with Gasteiger partial charge < -0.3 is 20.1 Å². The van der Waals surface area contributed by atoms with E-state index in [-0.39, 0.29) is 18.4 Å². The van der Waals surface area contributed by atoms with E-state index in [1.54, 1.807) is 25.4 Å².